The van der Waals surface area contributed by atoms with E-state index in [0.29, 0.717) is 23.6 Å². The molecular weight excluding hydrogens is 252 g/mol. The van der Waals surface area contributed by atoms with Crippen LogP contribution in [0.1, 0.15) is 32.1 Å². The summed E-state index contributed by atoms with van der Waals surface area (Å²) in [6.07, 6.45) is 4.86. The van der Waals surface area contributed by atoms with E-state index in [4.69, 9.17) is 19.6 Å². The second-order valence-electron chi connectivity index (χ2n) is 4.21. The second-order valence-corrected chi connectivity index (χ2v) is 4.78. The maximum absolute atomic E-state index is 10.4. The summed E-state index contributed by atoms with van der Waals surface area (Å²) in [4.78, 5) is 10.4. The van der Waals surface area contributed by atoms with Crippen molar-refractivity contribution in [3.8, 4) is 0 Å². The van der Waals surface area contributed by atoms with Crippen molar-refractivity contribution in [1.82, 2.24) is 5.32 Å². The fraction of sp³-hybridized carbons (Fsp3) is 0.909. The number of ether oxygens (including phenoxy) is 2. The van der Waals surface area contributed by atoms with E-state index < -0.39 is 11.8 Å². The molecule has 0 spiro atoms. The Balaban J connectivity index is 3.64. The monoisotopic (exact) mass is 278 g/mol. The van der Waals surface area contributed by atoms with Gasteiger partial charge >= 0.3 is 6.03 Å². The Kier molecular flexibility index (Phi) is 9.94. The molecule has 2 amide bonds. The van der Waals surface area contributed by atoms with Gasteiger partial charge in [-0.05, 0) is 12.8 Å². The third-order valence-electron chi connectivity index (χ3n) is 2.89. The zero-order valence-corrected chi connectivity index (χ0v) is 13.7. The summed E-state index contributed by atoms with van der Waals surface area (Å²) in [5.41, 5.74) is 4.97. The molecule has 0 aliphatic heterocycles. The van der Waals surface area contributed by atoms with E-state index in [1.807, 2.05) is 0 Å². The zero-order valence-electron chi connectivity index (χ0n) is 11.7. The van der Waals surface area contributed by atoms with Crippen molar-refractivity contribution >= 4 is 16.5 Å². The first kappa shape index (κ1) is 17.4. The van der Waals surface area contributed by atoms with E-state index in [-0.39, 0.29) is 0 Å². The van der Waals surface area contributed by atoms with Crippen LogP contribution in [-0.2, 0) is 13.9 Å². The molecule has 3 N–H and O–H groups in total. The van der Waals surface area contributed by atoms with Gasteiger partial charge in [0.25, 0.3) is 0 Å². The zero-order chi connectivity index (χ0) is 13.9. The number of primary amides is 1. The number of amides is 2. The quantitative estimate of drug-likeness (QED) is 0.314. The number of nitrogens with one attached hydrogen (secondary N) is 1. The summed E-state index contributed by atoms with van der Waals surface area (Å²) in [6.45, 7) is 1.12. The Morgan fingerprint density at radius 3 is 2.33 bits per heavy atom. The summed E-state index contributed by atoms with van der Waals surface area (Å²) in [6, 6.07) is -0.461. The molecule has 0 radical (unpaired) electrons. The Labute approximate surface area is 112 Å². The molecule has 0 saturated carbocycles. The molecule has 0 rings (SSSR count). The molecule has 0 aliphatic carbocycles. The summed E-state index contributed by atoms with van der Waals surface area (Å²) in [5.74, 6) is -0.604. The van der Waals surface area contributed by atoms with Gasteiger partial charge in [-0.15, -0.1) is 0 Å². The molecule has 0 bridgehead atoms. The van der Waals surface area contributed by atoms with Crippen LogP contribution in [0.15, 0.2) is 0 Å². The summed E-state index contributed by atoms with van der Waals surface area (Å²) >= 11 is 0. The molecule has 0 heterocycles. The first-order chi connectivity index (χ1) is 8.60. The number of rotatable bonds is 11. The van der Waals surface area contributed by atoms with Crippen LogP contribution >= 0.6 is 0 Å². The highest BCUT2D eigenvalue weighted by Gasteiger charge is 2.28. The van der Waals surface area contributed by atoms with Gasteiger partial charge < -0.3 is 25.0 Å². The molecule has 0 fully saturated rings. The molecule has 0 aromatic carbocycles. The van der Waals surface area contributed by atoms with Crippen LogP contribution < -0.4 is 11.1 Å². The van der Waals surface area contributed by atoms with E-state index >= 15 is 0 Å². The summed E-state index contributed by atoms with van der Waals surface area (Å²) in [5, 5.41) is 2.57. The van der Waals surface area contributed by atoms with Crippen molar-refractivity contribution in [1.29, 1.82) is 0 Å². The minimum Gasteiger partial charge on any atom is -0.422 e. The molecule has 7 heteroatoms. The maximum atomic E-state index is 10.4. The van der Waals surface area contributed by atoms with Crippen molar-refractivity contribution in [2.45, 2.75) is 37.9 Å². The lowest BCUT2D eigenvalue weighted by molar-refractivity contribution is -0.226. The summed E-state index contributed by atoms with van der Waals surface area (Å²) < 4.78 is 16.0. The van der Waals surface area contributed by atoms with Crippen molar-refractivity contribution < 1.29 is 18.7 Å². The smallest absolute Gasteiger partial charge is 0.312 e. The number of hydrogen-bond donors (Lipinski definition) is 2. The number of nitrogens with two attached hydrogens (primary N) is 1. The van der Waals surface area contributed by atoms with Gasteiger partial charge in [-0.3, -0.25) is 0 Å². The highest BCUT2D eigenvalue weighted by molar-refractivity contribution is 5.97. The predicted octanol–water partition coefficient (Wildman–Crippen LogP) is -0.109. The standard InChI is InChI=1S/C11H26N2O4Si/c1-15-11(16-2,9-17-18)7-5-3-4-6-8-13-10(12)14/h3-9H2,1-2,18H3,(H3,12,13,14). The number of carbonyl (C=O) groups is 1. The van der Waals surface area contributed by atoms with Gasteiger partial charge in [0.1, 0.15) is 10.5 Å². The van der Waals surface area contributed by atoms with Crippen LogP contribution in [0.4, 0.5) is 4.79 Å². The maximum Gasteiger partial charge on any atom is 0.312 e. The van der Waals surface area contributed by atoms with E-state index in [1.165, 1.54) is 0 Å². The van der Waals surface area contributed by atoms with Gasteiger partial charge in [0, 0.05) is 27.2 Å². The lowest BCUT2D eigenvalue weighted by Crippen LogP contribution is -2.38. The van der Waals surface area contributed by atoms with E-state index in [9.17, 15) is 4.79 Å². The molecule has 0 unspecified atom stereocenters. The first-order valence-electron chi connectivity index (χ1n) is 6.23. The van der Waals surface area contributed by atoms with E-state index in [2.05, 4.69) is 5.32 Å². The van der Waals surface area contributed by atoms with E-state index in [0.717, 1.165) is 32.1 Å². The van der Waals surface area contributed by atoms with Gasteiger partial charge in [0.15, 0.2) is 5.79 Å². The van der Waals surface area contributed by atoms with Crippen LogP contribution in [0.25, 0.3) is 0 Å². The number of unbranched alkanes of at least 4 members (excludes halogenated alkanes) is 3. The van der Waals surface area contributed by atoms with Crippen LogP contribution in [0, 0.1) is 0 Å². The van der Waals surface area contributed by atoms with Crippen LogP contribution in [0.3, 0.4) is 0 Å². The Bertz CT molecular complexity index is 225. The van der Waals surface area contributed by atoms with Crippen LogP contribution in [-0.4, -0.2) is 49.7 Å². The average Bonchev–Trinajstić information content (AvgIpc) is 2.36. The predicted molar refractivity (Wildman–Crippen MR) is 73.3 cm³/mol. The van der Waals surface area contributed by atoms with Gasteiger partial charge in [-0.2, -0.15) is 0 Å². The Morgan fingerprint density at radius 1 is 1.22 bits per heavy atom. The summed E-state index contributed by atoms with van der Waals surface area (Å²) in [7, 11) is 3.96. The number of hydrogen-bond acceptors (Lipinski definition) is 4. The SMILES string of the molecule is COC(CCCCCCNC(N)=O)(CO[SiH3])OC. The van der Waals surface area contributed by atoms with Gasteiger partial charge in [0.2, 0.25) is 0 Å². The fourth-order valence-corrected chi connectivity index (χ4v) is 2.22. The van der Waals surface area contributed by atoms with Crippen molar-refractivity contribution in [3.05, 3.63) is 0 Å². The molecule has 108 valence electrons. The van der Waals surface area contributed by atoms with Gasteiger partial charge in [0.05, 0.1) is 6.61 Å². The third kappa shape index (κ3) is 7.65. The fourth-order valence-electron chi connectivity index (χ4n) is 1.78. The molecule has 0 atom stereocenters. The highest BCUT2D eigenvalue weighted by Crippen LogP contribution is 2.20. The topological polar surface area (TPSA) is 82.8 Å². The van der Waals surface area contributed by atoms with Crippen molar-refractivity contribution in [2.75, 3.05) is 27.4 Å². The molecule has 6 nitrogen and oxygen atoms in total. The molecule has 0 aromatic heterocycles. The van der Waals surface area contributed by atoms with Crippen molar-refractivity contribution in [2.24, 2.45) is 5.73 Å². The lowest BCUT2D eigenvalue weighted by atomic mass is 10.1. The molecule has 0 aliphatic rings. The first-order valence-corrected chi connectivity index (χ1v) is 7.04. The molecule has 0 aromatic rings. The average molecular weight is 278 g/mol. The Morgan fingerprint density at radius 2 is 1.83 bits per heavy atom. The molecule has 18 heavy (non-hydrogen) atoms. The van der Waals surface area contributed by atoms with Gasteiger partial charge in [-0.25, -0.2) is 4.79 Å². The number of carbonyl (C=O) groups excluding carboxylic acids is 1. The minimum absolute atomic E-state index is 0.461. The third-order valence-corrected chi connectivity index (χ3v) is 3.18. The number of urea groups is 1. The molecule has 0 saturated heterocycles. The van der Waals surface area contributed by atoms with Crippen LogP contribution in [0.5, 0.6) is 0 Å². The lowest BCUT2D eigenvalue weighted by Gasteiger charge is -2.30. The van der Waals surface area contributed by atoms with Crippen LogP contribution in [0.2, 0.25) is 0 Å². The second kappa shape index (κ2) is 10.3. The largest absolute Gasteiger partial charge is 0.422 e. The minimum atomic E-state index is -0.604. The Hall–Kier alpha value is -0.633. The van der Waals surface area contributed by atoms with Gasteiger partial charge in [-0.1, -0.05) is 12.8 Å². The highest BCUT2D eigenvalue weighted by atomic mass is 28.2. The molecular formula is C11H26N2O4Si. The normalized spacial score (nSPS) is 11.7. The van der Waals surface area contributed by atoms with E-state index in [1.54, 1.807) is 14.2 Å². The van der Waals surface area contributed by atoms with Crippen molar-refractivity contribution in [3.63, 3.8) is 0 Å². The number of methoxy groups -OCH3 is 2.